The molecular formula is C12H15NO2. The summed E-state index contributed by atoms with van der Waals surface area (Å²) in [5, 5.41) is 0. The molecule has 1 heterocycles. The molecule has 0 radical (unpaired) electrons. The maximum absolute atomic E-state index is 11.1. The third-order valence-electron chi connectivity index (χ3n) is 2.85. The molecule has 0 aliphatic carbocycles. The van der Waals surface area contributed by atoms with Crippen LogP contribution in [-0.4, -0.2) is 26.7 Å². The van der Waals surface area contributed by atoms with E-state index in [0.717, 1.165) is 18.5 Å². The molecule has 0 atom stereocenters. The van der Waals surface area contributed by atoms with Crippen LogP contribution in [0.25, 0.3) is 0 Å². The monoisotopic (exact) mass is 205 g/mol. The largest absolute Gasteiger partial charge is 0.469 e. The molecule has 3 heteroatoms. The Labute approximate surface area is 89.7 Å². The van der Waals surface area contributed by atoms with Crippen LogP contribution in [0.2, 0.25) is 0 Å². The lowest BCUT2D eigenvalue weighted by atomic mass is 10.1. The van der Waals surface area contributed by atoms with Gasteiger partial charge in [-0.05, 0) is 23.6 Å². The molecule has 15 heavy (non-hydrogen) atoms. The predicted molar refractivity (Wildman–Crippen MR) is 59.1 cm³/mol. The van der Waals surface area contributed by atoms with Crippen LogP contribution < -0.4 is 4.90 Å². The zero-order chi connectivity index (χ0) is 10.8. The van der Waals surface area contributed by atoms with E-state index in [4.69, 9.17) is 0 Å². The average Bonchev–Trinajstić information content (AvgIpc) is 2.60. The van der Waals surface area contributed by atoms with Gasteiger partial charge in [0, 0.05) is 19.3 Å². The highest BCUT2D eigenvalue weighted by molar-refractivity contribution is 5.73. The van der Waals surface area contributed by atoms with Crippen LogP contribution >= 0.6 is 0 Å². The Morgan fingerprint density at radius 2 is 2.33 bits per heavy atom. The molecule has 0 saturated carbocycles. The van der Waals surface area contributed by atoms with Gasteiger partial charge in [0.15, 0.2) is 0 Å². The second-order valence-electron chi connectivity index (χ2n) is 3.89. The Kier molecular flexibility index (Phi) is 2.62. The molecule has 0 N–H and O–H groups in total. The van der Waals surface area contributed by atoms with E-state index >= 15 is 0 Å². The van der Waals surface area contributed by atoms with Crippen LogP contribution in [0.1, 0.15) is 11.1 Å². The van der Waals surface area contributed by atoms with Crippen molar-refractivity contribution in [3.05, 3.63) is 29.3 Å². The SMILES string of the molecule is COC(=O)Cc1ccc2c(c1)CCN2C. The van der Waals surface area contributed by atoms with E-state index in [-0.39, 0.29) is 5.97 Å². The molecule has 2 rings (SSSR count). The Balaban J connectivity index is 2.19. The first kappa shape index (κ1) is 10.0. The summed E-state index contributed by atoms with van der Waals surface area (Å²) in [5.74, 6) is -0.179. The highest BCUT2D eigenvalue weighted by Crippen LogP contribution is 2.27. The first-order valence-corrected chi connectivity index (χ1v) is 5.10. The van der Waals surface area contributed by atoms with Gasteiger partial charge in [-0.1, -0.05) is 12.1 Å². The van der Waals surface area contributed by atoms with Crippen molar-refractivity contribution in [2.75, 3.05) is 25.6 Å². The molecule has 80 valence electrons. The molecule has 0 spiro atoms. The van der Waals surface area contributed by atoms with Crippen molar-refractivity contribution in [3.63, 3.8) is 0 Å². The summed E-state index contributed by atoms with van der Waals surface area (Å²) in [6.07, 6.45) is 1.44. The van der Waals surface area contributed by atoms with Crippen molar-refractivity contribution in [2.45, 2.75) is 12.8 Å². The standard InChI is InChI=1S/C12H15NO2/c1-13-6-5-10-7-9(3-4-11(10)13)8-12(14)15-2/h3-4,7H,5-6,8H2,1-2H3. The maximum atomic E-state index is 11.1. The van der Waals surface area contributed by atoms with E-state index in [1.165, 1.54) is 18.4 Å². The van der Waals surface area contributed by atoms with Gasteiger partial charge in [-0.2, -0.15) is 0 Å². The van der Waals surface area contributed by atoms with Gasteiger partial charge in [0.1, 0.15) is 0 Å². The third-order valence-corrected chi connectivity index (χ3v) is 2.85. The number of benzene rings is 1. The van der Waals surface area contributed by atoms with Gasteiger partial charge in [0.2, 0.25) is 0 Å². The minimum absolute atomic E-state index is 0.179. The fourth-order valence-electron chi connectivity index (χ4n) is 1.97. The van der Waals surface area contributed by atoms with Crippen molar-refractivity contribution in [1.82, 2.24) is 0 Å². The van der Waals surface area contributed by atoms with Gasteiger partial charge in [-0.15, -0.1) is 0 Å². The van der Waals surface area contributed by atoms with Crippen LogP contribution in [0.3, 0.4) is 0 Å². The summed E-state index contributed by atoms with van der Waals surface area (Å²) in [6.45, 7) is 1.07. The molecule has 0 unspecified atom stereocenters. The number of anilines is 1. The van der Waals surface area contributed by atoms with Crippen LogP contribution in [0.4, 0.5) is 5.69 Å². The first-order valence-electron chi connectivity index (χ1n) is 5.10. The normalized spacial score (nSPS) is 13.9. The number of hydrogen-bond acceptors (Lipinski definition) is 3. The minimum atomic E-state index is -0.179. The lowest BCUT2D eigenvalue weighted by Crippen LogP contribution is -2.12. The lowest BCUT2D eigenvalue weighted by Gasteiger charge is -2.11. The number of hydrogen-bond donors (Lipinski definition) is 0. The predicted octanol–water partition coefficient (Wildman–Crippen LogP) is 1.39. The molecule has 0 bridgehead atoms. The molecule has 0 fully saturated rings. The van der Waals surface area contributed by atoms with Gasteiger partial charge in [0.25, 0.3) is 0 Å². The highest BCUT2D eigenvalue weighted by Gasteiger charge is 2.16. The van der Waals surface area contributed by atoms with Crippen LogP contribution in [0, 0.1) is 0 Å². The summed E-state index contributed by atoms with van der Waals surface area (Å²) in [5.41, 5.74) is 3.65. The van der Waals surface area contributed by atoms with Crippen molar-refractivity contribution in [1.29, 1.82) is 0 Å². The Morgan fingerprint density at radius 3 is 3.07 bits per heavy atom. The summed E-state index contributed by atoms with van der Waals surface area (Å²) in [7, 11) is 3.51. The topological polar surface area (TPSA) is 29.5 Å². The Bertz CT molecular complexity index is 387. The van der Waals surface area contributed by atoms with Gasteiger partial charge >= 0.3 is 5.97 Å². The number of carbonyl (C=O) groups is 1. The fourth-order valence-corrected chi connectivity index (χ4v) is 1.97. The molecule has 1 aromatic carbocycles. The van der Waals surface area contributed by atoms with Gasteiger partial charge < -0.3 is 9.64 Å². The van der Waals surface area contributed by atoms with Crippen molar-refractivity contribution >= 4 is 11.7 Å². The van der Waals surface area contributed by atoms with Crippen LogP contribution in [-0.2, 0) is 22.4 Å². The van der Waals surface area contributed by atoms with Gasteiger partial charge in [-0.3, -0.25) is 4.79 Å². The molecular weight excluding hydrogens is 190 g/mol. The fraction of sp³-hybridized carbons (Fsp3) is 0.417. The Morgan fingerprint density at radius 1 is 1.53 bits per heavy atom. The highest BCUT2D eigenvalue weighted by atomic mass is 16.5. The number of carbonyl (C=O) groups excluding carboxylic acids is 1. The average molecular weight is 205 g/mol. The van der Waals surface area contributed by atoms with Crippen LogP contribution in [0.15, 0.2) is 18.2 Å². The summed E-state index contributed by atoms with van der Waals surface area (Å²) < 4.78 is 4.65. The summed E-state index contributed by atoms with van der Waals surface area (Å²) >= 11 is 0. The minimum Gasteiger partial charge on any atom is -0.469 e. The molecule has 0 amide bonds. The zero-order valence-corrected chi connectivity index (χ0v) is 9.12. The molecule has 0 saturated heterocycles. The number of methoxy groups -OCH3 is 1. The first-order chi connectivity index (χ1) is 7.20. The molecule has 1 aliphatic rings. The number of ether oxygens (including phenoxy) is 1. The van der Waals surface area contributed by atoms with Crippen molar-refractivity contribution in [3.8, 4) is 0 Å². The van der Waals surface area contributed by atoms with Gasteiger partial charge in [-0.25, -0.2) is 0 Å². The summed E-state index contributed by atoms with van der Waals surface area (Å²) in [6, 6.07) is 6.19. The lowest BCUT2D eigenvalue weighted by molar-refractivity contribution is -0.139. The van der Waals surface area contributed by atoms with E-state index in [9.17, 15) is 4.79 Å². The second kappa shape index (κ2) is 3.93. The molecule has 1 aliphatic heterocycles. The van der Waals surface area contributed by atoms with E-state index in [0.29, 0.717) is 6.42 Å². The number of rotatable bonds is 2. The van der Waals surface area contributed by atoms with E-state index in [1.807, 2.05) is 6.07 Å². The van der Waals surface area contributed by atoms with E-state index in [2.05, 4.69) is 28.8 Å². The number of esters is 1. The quantitative estimate of drug-likeness (QED) is 0.683. The van der Waals surface area contributed by atoms with Gasteiger partial charge in [0.05, 0.1) is 13.5 Å². The summed E-state index contributed by atoms with van der Waals surface area (Å²) in [4.78, 5) is 13.3. The van der Waals surface area contributed by atoms with Crippen molar-refractivity contribution < 1.29 is 9.53 Å². The molecule has 1 aromatic rings. The second-order valence-corrected chi connectivity index (χ2v) is 3.89. The van der Waals surface area contributed by atoms with Crippen molar-refractivity contribution in [2.24, 2.45) is 0 Å². The van der Waals surface area contributed by atoms with E-state index < -0.39 is 0 Å². The maximum Gasteiger partial charge on any atom is 0.309 e. The molecule has 0 aromatic heterocycles. The zero-order valence-electron chi connectivity index (χ0n) is 9.12. The van der Waals surface area contributed by atoms with Crippen LogP contribution in [0.5, 0.6) is 0 Å². The number of nitrogens with zero attached hydrogens (tertiary/aromatic N) is 1. The third kappa shape index (κ3) is 1.96. The number of likely N-dealkylation sites (N-methyl/N-ethyl adjacent to an activating group) is 1. The smallest absolute Gasteiger partial charge is 0.309 e. The molecule has 3 nitrogen and oxygen atoms in total. The Hall–Kier alpha value is -1.51. The number of fused-ring (bicyclic) bond motifs is 1. The van der Waals surface area contributed by atoms with E-state index in [1.54, 1.807) is 0 Å².